The minimum absolute atomic E-state index is 0.0196. The average molecular weight is 459 g/mol. The standard InChI is InChI=1S/C27H34N6O/c1-19-13-21-15-28-26(29-16-23-9-12-32(3)30-23)14-22(21)17-33(19)27(34)24-10-11-31(2)18-25(24)20-7-5-4-6-8-20/h4-9,12,14-15,19,24-25H,10-11,13,16-18H2,1-3H3,(H,28,29)/t19-,24-,25+/m0/s1. The van der Waals surface area contributed by atoms with Crippen LogP contribution in [0.25, 0.3) is 0 Å². The van der Waals surface area contributed by atoms with Crippen molar-refractivity contribution in [1.82, 2.24) is 24.6 Å². The van der Waals surface area contributed by atoms with E-state index in [9.17, 15) is 4.79 Å². The van der Waals surface area contributed by atoms with Crippen LogP contribution in [0, 0.1) is 5.92 Å². The molecule has 7 heteroatoms. The van der Waals surface area contributed by atoms with Crippen LogP contribution >= 0.6 is 0 Å². The fourth-order valence-corrected chi connectivity index (χ4v) is 5.42. The second-order valence-electron chi connectivity index (χ2n) is 9.87. The Morgan fingerprint density at radius 3 is 2.74 bits per heavy atom. The van der Waals surface area contributed by atoms with Crippen LogP contribution in [-0.2, 0) is 31.4 Å². The Hall–Kier alpha value is -3.19. The monoisotopic (exact) mass is 458 g/mol. The molecule has 0 radical (unpaired) electrons. The Labute approximate surface area is 201 Å². The molecule has 7 nitrogen and oxygen atoms in total. The third-order valence-corrected chi connectivity index (χ3v) is 7.33. The lowest BCUT2D eigenvalue weighted by Gasteiger charge is -2.42. The van der Waals surface area contributed by atoms with Gasteiger partial charge in [0, 0.05) is 50.4 Å². The van der Waals surface area contributed by atoms with Gasteiger partial charge in [-0.15, -0.1) is 0 Å². The van der Waals surface area contributed by atoms with Gasteiger partial charge >= 0.3 is 0 Å². The van der Waals surface area contributed by atoms with Crippen LogP contribution in [0.5, 0.6) is 0 Å². The van der Waals surface area contributed by atoms with Crippen molar-refractivity contribution in [2.45, 2.75) is 44.8 Å². The maximum absolute atomic E-state index is 13.9. The molecule has 178 valence electrons. The lowest BCUT2D eigenvalue weighted by atomic mass is 9.79. The largest absolute Gasteiger partial charge is 0.364 e. The second-order valence-corrected chi connectivity index (χ2v) is 9.87. The number of likely N-dealkylation sites (N-methyl/N-ethyl adjacent to an activating group) is 1. The zero-order valence-corrected chi connectivity index (χ0v) is 20.3. The first kappa shape index (κ1) is 22.6. The van der Waals surface area contributed by atoms with Crippen LogP contribution < -0.4 is 5.32 Å². The molecule has 3 aromatic rings. The van der Waals surface area contributed by atoms with Crippen LogP contribution in [0.4, 0.5) is 5.82 Å². The maximum Gasteiger partial charge on any atom is 0.226 e. The molecule has 4 heterocycles. The summed E-state index contributed by atoms with van der Waals surface area (Å²) in [5.41, 5.74) is 4.67. The van der Waals surface area contributed by atoms with Gasteiger partial charge in [-0.2, -0.15) is 5.10 Å². The fourth-order valence-electron chi connectivity index (χ4n) is 5.42. The molecule has 1 N–H and O–H groups in total. The molecule has 34 heavy (non-hydrogen) atoms. The number of nitrogens with one attached hydrogen (secondary N) is 1. The highest BCUT2D eigenvalue weighted by Crippen LogP contribution is 2.35. The Kier molecular flexibility index (Phi) is 6.37. The van der Waals surface area contributed by atoms with Crippen LogP contribution in [0.3, 0.4) is 0 Å². The number of likely N-dealkylation sites (tertiary alicyclic amines) is 1. The number of anilines is 1. The van der Waals surface area contributed by atoms with Gasteiger partial charge in [-0.25, -0.2) is 4.98 Å². The molecule has 0 aliphatic carbocycles. The molecule has 2 aromatic heterocycles. The lowest BCUT2D eigenvalue weighted by molar-refractivity contribution is -0.141. The summed E-state index contributed by atoms with van der Waals surface area (Å²) in [6.45, 7) is 5.32. The Morgan fingerprint density at radius 2 is 1.97 bits per heavy atom. The van der Waals surface area contributed by atoms with Crippen LogP contribution in [-0.4, -0.2) is 56.7 Å². The summed E-state index contributed by atoms with van der Waals surface area (Å²) in [7, 11) is 4.07. The highest BCUT2D eigenvalue weighted by atomic mass is 16.2. The summed E-state index contributed by atoms with van der Waals surface area (Å²) in [5.74, 6) is 1.37. The normalized spacial score (nSPS) is 22.9. The predicted octanol–water partition coefficient (Wildman–Crippen LogP) is 3.44. The first-order valence-electron chi connectivity index (χ1n) is 12.2. The molecule has 0 saturated carbocycles. The SMILES string of the molecule is C[C@H]1Cc2cnc(NCc3ccn(C)n3)cc2CN1C(=O)[C@H]1CCN(C)C[C@@H]1c1ccccc1. The van der Waals surface area contributed by atoms with Gasteiger partial charge < -0.3 is 15.1 Å². The number of carbonyl (C=O) groups is 1. The number of amides is 1. The molecule has 3 atom stereocenters. The summed E-state index contributed by atoms with van der Waals surface area (Å²) in [6, 6.07) is 14.8. The van der Waals surface area contributed by atoms with Gasteiger partial charge in [0.2, 0.25) is 5.91 Å². The van der Waals surface area contributed by atoms with E-state index in [-0.39, 0.29) is 17.9 Å². The minimum Gasteiger partial charge on any atom is -0.364 e. The van der Waals surface area contributed by atoms with Gasteiger partial charge in [0.15, 0.2) is 0 Å². The highest BCUT2D eigenvalue weighted by Gasteiger charge is 2.38. The molecule has 2 aliphatic rings. The zero-order valence-electron chi connectivity index (χ0n) is 20.3. The van der Waals surface area contributed by atoms with Gasteiger partial charge in [0.25, 0.3) is 0 Å². The molecular weight excluding hydrogens is 424 g/mol. The lowest BCUT2D eigenvalue weighted by Crippen LogP contribution is -2.50. The number of carbonyl (C=O) groups excluding carboxylic acids is 1. The summed E-state index contributed by atoms with van der Waals surface area (Å²) >= 11 is 0. The molecule has 0 unspecified atom stereocenters. The number of fused-ring (bicyclic) bond motifs is 1. The van der Waals surface area contributed by atoms with Crippen molar-refractivity contribution in [3.8, 4) is 0 Å². The summed E-state index contributed by atoms with van der Waals surface area (Å²) < 4.78 is 1.80. The number of aromatic nitrogens is 3. The van der Waals surface area contributed by atoms with Crippen LogP contribution in [0.1, 0.15) is 41.6 Å². The molecular formula is C27H34N6O. The van der Waals surface area contributed by atoms with Crippen molar-refractivity contribution < 1.29 is 4.79 Å². The molecule has 1 amide bonds. The van der Waals surface area contributed by atoms with Crippen molar-refractivity contribution in [1.29, 1.82) is 0 Å². The van der Waals surface area contributed by atoms with Crippen molar-refractivity contribution in [3.05, 3.63) is 77.2 Å². The van der Waals surface area contributed by atoms with E-state index in [1.54, 1.807) is 4.68 Å². The summed E-state index contributed by atoms with van der Waals surface area (Å²) in [6.07, 6.45) is 5.65. The van der Waals surface area contributed by atoms with E-state index in [4.69, 9.17) is 0 Å². The Bertz CT molecular complexity index is 1140. The third-order valence-electron chi connectivity index (χ3n) is 7.33. The predicted molar refractivity (Wildman–Crippen MR) is 133 cm³/mol. The van der Waals surface area contributed by atoms with Crippen molar-refractivity contribution in [2.75, 3.05) is 25.5 Å². The van der Waals surface area contributed by atoms with Gasteiger partial charge in [-0.05, 0) is 62.2 Å². The molecule has 1 saturated heterocycles. The second kappa shape index (κ2) is 9.58. The van der Waals surface area contributed by atoms with Gasteiger partial charge in [0.1, 0.15) is 5.82 Å². The van der Waals surface area contributed by atoms with Crippen LogP contribution in [0.2, 0.25) is 0 Å². The highest BCUT2D eigenvalue weighted by molar-refractivity contribution is 5.81. The zero-order chi connectivity index (χ0) is 23.7. The molecule has 2 aliphatic heterocycles. The topological polar surface area (TPSA) is 66.3 Å². The van der Waals surface area contributed by atoms with Crippen molar-refractivity contribution in [3.63, 3.8) is 0 Å². The van der Waals surface area contributed by atoms with Crippen molar-refractivity contribution >= 4 is 11.7 Å². The van der Waals surface area contributed by atoms with E-state index >= 15 is 0 Å². The average Bonchev–Trinajstić information content (AvgIpc) is 3.27. The number of benzene rings is 1. The van der Waals surface area contributed by atoms with E-state index in [0.29, 0.717) is 19.0 Å². The van der Waals surface area contributed by atoms with E-state index in [1.165, 1.54) is 16.7 Å². The number of pyridine rings is 1. The fraction of sp³-hybridized carbons (Fsp3) is 0.444. The molecule has 1 fully saturated rings. The summed E-state index contributed by atoms with van der Waals surface area (Å²) in [5, 5.41) is 7.80. The number of rotatable bonds is 5. The smallest absolute Gasteiger partial charge is 0.226 e. The first-order valence-corrected chi connectivity index (χ1v) is 12.2. The molecule has 5 rings (SSSR count). The number of hydrogen-bond acceptors (Lipinski definition) is 5. The number of piperidine rings is 1. The van der Waals surface area contributed by atoms with Gasteiger partial charge in [-0.1, -0.05) is 30.3 Å². The van der Waals surface area contributed by atoms with Crippen LogP contribution in [0.15, 0.2) is 54.9 Å². The number of aryl methyl sites for hydroxylation is 1. The van der Waals surface area contributed by atoms with E-state index in [1.807, 2.05) is 31.6 Å². The first-order chi connectivity index (χ1) is 16.5. The molecule has 1 aromatic carbocycles. The number of hydrogen-bond donors (Lipinski definition) is 1. The Balaban J connectivity index is 1.33. The third kappa shape index (κ3) is 4.71. The molecule has 0 spiro atoms. The van der Waals surface area contributed by atoms with E-state index in [2.05, 4.69) is 69.5 Å². The van der Waals surface area contributed by atoms with E-state index in [0.717, 1.165) is 37.4 Å². The number of nitrogens with zero attached hydrogens (tertiary/aromatic N) is 5. The Morgan fingerprint density at radius 1 is 1.15 bits per heavy atom. The van der Waals surface area contributed by atoms with Gasteiger partial charge in [0.05, 0.1) is 12.2 Å². The maximum atomic E-state index is 13.9. The van der Waals surface area contributed by atoms with Gasteiger partial charge in [-0.3, -0.25) is 9.48 Å². The van der Waals surface area contributed by atoms with E-state index < -0.39 is 0 Å². The molecule has 0 bridgehead atoms. The quantitative estimate of drug-likeness (QED) is 0.635. The summed E-state index contributed by atoms with van der Waals surface area (Å²) in [4.78, 5) is 23.0. The van der Waals surface area contributed by atoms with Crippen molar-refractivity contribution in [2.24, 2.45) is 13.0 Å². The minimum atomic E-state index is 0.0196.